The lowest BCUT2D eigenvalue weighted by Crippen LogP contribution is -2.04. The second-order valence-electron chi connectivity index (χ2n) is 4.71. The van der Waals surface area contributed by atoms with Crippen LogP contribution in [0.3, 0.4) is 0 Å². The van der Waals surface area contributed by atoms with Gasteiger partial charge in [0.25, 0.3) is 0 Å². The van der Waals surface area contributed by atoms with Gasteiger partial charge in [0.05, 0.1) is 0 Å². The van der Waals surface area contributed by atoms with E-state index >= 15 is 0 Å². The highest BCUT2D eigenvalue weighted by molar-refractivity contribution is 5.87. The van der Waals surface area contributed by atoms with Crippen molar-refractivity contribution in [3.63, 3.8) is 0 Å². The summed E-state index contributed by atoms with van der Waals surface area (Å²) < 4.78 is 10.9. The van der Waals surface area contributed by atoms with Gasteiger partial charge in [0, 0.05) is 18.5 Å². The predicted molar refractivity (Wildman–Crippen MR) is 79.8 cm³/mol. The molecule has 1 heterocycles. The van der Waals surface area contributed by atoms with Crippen molar-refractivity contribution in [1.82, 2.24) is 10.1 Å². The van der Waals surface area contributed by atoms with Gasteiger partial charge in [-0.1, -0.05) is 42.4 Å². The Labute approximate surface area is 122 Å². The summed E-state index contributed by atoms with van der Waals surface area (Å²) in [6, 6.07) is 12.1. The van der Waals surface area contributed by atoms with E-state index in [0.29, 0.717) is 18.3 Å². The van der Waals surface area contributed by atoms with Crippen LogP contribution in [0.1, 0.15) is 24.2 Å². The van der Waals surface area contributed by atoms with Crippen LogP contribution in [-0.2, 0) is 19.6 Å². The smallest absolute Gasteiger partial charge is 0.226 e. The zero-order chi connectivity index (χ0) is 14.7. The molecule has 0 saturated heterocycles. The summed E-state index contributed by atoms with van der Waals surface area (Å²) in [5.74, 6) is 1.92. The van der Waals surface area contributed by atoms with E-state index in [9.17, 15) is 0 Å². The molecule has 2 N–H and O–H groups in total. The van der Waals surface area contributed by atoms with Crippen LogP contribution in [0.25, 0.3) is 10.8 Å². The van der Waals surface area contributed by atoms with E-state index in [0.717, 1.165) is 28.5 Å². The Balaban J connectivity index is 1.86. The quantitative estimate of drug-likeness (QED) is 0.779. The number of benzene rings is 2. The van der Waals surface area contributed by atoms with E-state index in [-0.39, 0.29) is 6.61 Å². The number of aromatic nitrogens is 2. The monoisotopic (exact) mass is 283 g/mol. The third-order valence-electron chi connectivity index (χ3n) is 3.37. The second-order valence-corrected chi connectivity index (χ2v) is 4.71. The lowest BCUT2D eigenvalue weighted by atomic mass is 10.0. The van der Waals surface area contributed by atoms with Crippen molar-refractivity contribution in [3.05, 3.63) is 53.7 Å². The summed E-state index contributed by atoms with van der Waals surface area (Å²) in [6.45, 7) is 2.66. The molecule has 0 fully saturated rings. The minimum absolute atomic E-state index is 0.273. The fraction of sp³-hybridized carbons (Fsp3) is 0.250. The molecule has 0 amide bonds. The molecule has 3 aromatic rings. The number of aryl methyl sites for hydroxylation is 1. The number of nitrogens with two attached hydrogens (primary N) is 1. The molecule has 0 radical (unpaired) electrons. The Morgan fingerprint density at radius 1 is 1.19 bits per heavy atom. The van der Waals surface area contributed by atoms with Gasteiger partial charge in [0.1, 0.15) is 5.75 Å². The van der Waals surface area contributed by atoms with Gasteiger partial charge in [-0.3, -0.25) is 0 Å². The average Bonchev–Trinajstić information content (AvgIpc) is 3.00. The molecular formula is C16H17N3O2. The molecule has 5 heteroatoms. The molecule has 108 valence electrons. The Morgan fingerprint density at radius 2 is 2.05 bits per heavy atom. The third kappa shape index (κ3) is 2.73. The van der Waals surface area contributed by atoms with Crippen LogP contribution < -0.4 is 10.5 Å². The molecule has 21 heavy (non-hydrogen) atoms. The predicted octanol–water partition coefficient (Wildman–Crippen LogP) is 2.82. The highest BCUT2D eigenvalue weighted by Crippen LogP contribution is 2.28. The van der Waals surface area contributed by atoms with Crippen molar-refractivity contribution >= 4 is 10.8 Å². The normalized spacial score (nSPS) is 11.0. The first-order valence-corrected chi connectivity index (χ1v) is 6.96. The van der Waals surface area contributed by atoms with E-state index in [1.807, 2.05) is 37.3 Å². The maximum atomic E-state index is 5.88. The van der Waals surface area contributed by atoms with Gasteiger partial charge in [-0.05, 0) is 16.8 Å². The Morgan fingerprint density at radius 3 is 2.81 bits per heavy atom. The lowest BCUT2D eigenvalue weighted by Gasteiger charge is -2.11. The lowest BCUT2D eigenvalue weighted by molar-refractivity contribution is 0.283. The molecule has 0 aliphatic heterocycles. The summed E-state index contributed by atoms with van der Waals surface area (Å²) in [5.41, 5.74) is 6.87. The topological polar surface area (TPSA) is 74.2 Å². The first-order valence-electron chi connectivity index (χ1n) is 6.96. The molecule has 0 spiro atoms. The standard InChI is InChI=1S/C16H17N3O2/c1-2-16-18-15(19-21-16)10-20-14-8-7-11-5-3-4-6-12(11)13(14)9-17/h3-8H,2,9-10,17H2,1H3. The van der Waals surface area contributed by atoms with Crippen molar-refractivity contribution < 1.29 is 9.26 Å². The Hall–Kier alpha value is -2.40. The number of nitrogens with zero attached hydrogens (tertiary/aromatic N) is 2. The van der Waals surface area contributed by atoms with Crippen molar-refractivity contribution in [3.8, 4) is 5.75 Å². The molecule has 0 aliphatic rings. The van der Waals surface area contributed by atoms with E-state index < -0.39 is 0 Å². The summed E-state index contributed by atoms with van der Waals surface area (Å²) in [4.78, 5) is 4.23. The molecule has 2 aromatic carbocycles. The van der Waals surface area contributed by atoms with Crippen LogP contribution in [0, 0.1) is 0 Å². The number of hydrogen-bond acceptors (Lipinski definition) is 5. The maximum Gasteiger partial charge on any atom is 0.226 e. The maximum absolute atomic E-state index is 5.88. The summed E-state index contributed by atoms with van der Waals surface area (Å²) in [7, 11) is 0. The van der Waals surface area contributed by atoms with Gasteiger partial charge < -0.3 is 15.0 Å². The summed E-state index contributed by atoms with van der Waals surface area (Å²) in [5, 5.41) is 6.14. The van der Waals surface area contributed by atoms with Gasteiger partial charge in [0.15, 0.2) is 6.61 Å². The Bertz CT molecular complexity index is 752. The number of rotatable bonds is 5. The van der Waals surface area contributed by atoms with E-state index in [1.165, 1.54) is 0 Å². The largest absolute Gasteiger partial charge is 0.485 e. The van der Waals surface area contributed by atoms with Gasteiger partial charge in [0.2, 0.25) is 11.7 Å². The Kier molecular flexibility index (Phi) is 3.83. The van der Waals surface area contributed by atoms with Gasteiger partial charge in [-0.2, -0.15) is 4.98 Å². The van der Waals surface area contributed by atoms with Crippen LogP contribution in [0.2, 0.25) is 0 Å². The van der Waals surface area contributed by atoms with Crippen molar-refractivity contribution in [2.24, 2.45) is 5.73 Å². The fourth-order valence-corrected chi connectivity index (χ4v) is 2.30. The highest BCUT2D eigenvalue weighted by atomic mass is 16.5. The number of fused-ring (bicyclic) bond motifs is 1. The minimum atomic E-state index is 0.273. The van der Waals surface area contributed by atoms with E-state index in [1.54, 1.807) is 0 Å². The third-order valence-corrected chi connectivity index (χ3v) is 3.37. The van der Waals surface area contributed by atoms with Gasteiger partial charge in [-0.25, -0.2) is 0 Å². The summed E-state index contributed by atoms with van der Waals surface area (Å²) in [6.07, 6.45) is 0.719. The highest BCUT2D eigenvalue weighted by Gasteiger charge is 2.10. The van der Waals surface area contributed by atoms with Crippen LogP contribution in [0.15, 0.2) is 40.9 Å². The second kappa shape index (κ2) is 5.93. The van der Waals surface area contributed by atoms with Crippen LogP contribution in [-0.4, -0.2) is 10.1 Å². The van der Waals surface area contributed by atoms with Crippen molar-refractivity contribution in [2.75, 3.05) is 0 Å². The van der Waals surface area contributed by atoms with Gasteiger partial charge >= 0.3 is 0 Å². The molecule has 5 nitrogen and oxygen atoms in total. The van der Waals surface area contributed by atoms with Crippen LogP contribution >= 0.6 is 0 Å². The molecule has 0 bridgehead atoms. The molecule has 1 aromatic heterocycles. The van der Waals surface area contributed by atoms with Crippen molar-refractivity contribution in [1.29, 1.82) is 0 Å². The molecule has 0 saturated carbocycles. The van der Waals surface area contributed by atoms with Crippen LogP contribution in [0.4, 0.5) is 0 Å². The first-order chi connectivity index (χ1) is 10.3. The van der Waals surface area contributed by atoms with Gasteiger partial charge in [-0.15, -0.1) is 0 Å². The zero-order valence-corrected chi connectivity index (χ0v) is 11.9. The van der Waals surface area contributed by atoms with Crippen molar-refractivity contribution in [2.45, 2.75) is 26.5 Å². The number of ether oxygens (including phenoxy) is 1. The molecular weight excluding hydrogens is 266 g/mol. The minimum Gasteiger partial charge on any atom is -0.485 e. The average molecular weight is 283 g/mol. The number of hydrogen-bond donors (Lipinski definition) is 1. The molecule has 0 atom stereocenters. The van der Waals surface area contributed by atoms with E-state index in [2.05, 4.69) is 16.2 Å². The summed E-state index contributed by atoms with van der Waals surface area (Å²) >= 11 is 0. The molecule has 3 rings (SSSR count). The van der Waals surface area contributed by atoms with E-state index in [4.69, 9.17) is 15.0 Å². The van der Waals surface area contributed by atoms with Crippen LogP contribution in [0.5, 0.6) is 5.75 Å². The SMILES string of the molecule is CCc1nc(COc2ccc3ccccc3c2CN)no1. The molecule has 0 unspecified atom stereocenters. The fourth-order valence-electron chi connectivity index (χ4n) is 2.30. The molecule has 0 aliphatic carbocycles. The zero-order valence-electron chi connectivity index (χ0n) is 11.9. The first kappa shape index (κ1) is 13.6.